The highest BCUT2D eigenvalue weighted by molar-refractivity contribution is 6.30. The Morgan fingerprint density at radius 3 is 2.42 bits per heavy atom. The normalized spacial score (nSPS) is 19.2. The van der Waals surface area contributed by atoms with Gasteiger partial charge in [-0.1, -0.05) is 23.7 Å². The number of benzene rings is 2. The van der Waals surface area contributed by atoms with Crippen LogP contribution in [0.15, 0.2) is 48.5 Å². The summed E-state index contributed by atoms with van der Waals surface area (Å²) < 4.78 is 10.4. The van der Waals surface area contributed by atoms with Gasteiger partial charge in [0.05, 0.1) is 18.7 Å². The molecule has 0 aliphatic carbocycles. The molecule has 0 bridgehead atoms. The smallest absolute Gasteiger partial charge is 0.338 e. The minimum atomic E-state index is -1.24. The first-order valence-corrected chi connectivity index (χ1v) is 10.1. The largest absolute Gasteiger partial charge is 0.491 e. The topological polar surface area (TPSA) is 105 Å². The molecule has 1 aliphatic rings. The number of aliphatic hydroxyl groups is 1. The fourth-order valence-electron chi connectivity index (χ4n) is 3.20. The number of esters is 1. The molecule has 31 heavy (non-hydrogen) atoms. The Bertz CT molecular complexity index is 963. The molecule has 3 rings (SSSR count). The SMILES string of the molecule is CCOC(=O)c1ccc(OCC(O)CN2C(=O)NC(C)(c3ccc(Cl)cc3)C2=O)cc1. The first kappa shape index (κ1) is 22.6. The van der Waals surface area contributed by atoms with Gasteiger partial charge in [0.1, 0.15) is 24.0 Å². The van der Waals surface area contributed by atoms with Crippen molar-refractivity contribution in [1.29, 1.82) is 0 Å². The molecule has 0 radical (unpaired) electrons. The van der Waals surface area contributed by atoms with Crippen molar-refractivity contribution in [2.75, 3.05) is 19.8 Å². The number of ether oxygens (including phenoxy) is 2. The summed E-state index contributed by atoms with van der Waals surface area (Å²) in [6.45, 7) is 3.23. The average molecular weight is 447 g/mol. The third-order valence-electron chi connectivity index (χ3n) is 4.90. The third-order valence-corrected chi connectivity index (χ3v) is 5.15. The van der Waals surface area contributed by atoms with Gasteiger partial charge in [0.15, 0.2) is 0 Å². The summed E-state index contributed by atoms with van der Waals surface area (Å²) >= 11 is 5.90. The Hall–Kier alpha value is -3.10. The van der Waals surface area contributed by atoms with Crippen LogP contribution < -0.4 is 10.1 Å². The summed E-state index contributed by atoms with van der Waals surface area (Å²) in [5, 5.41) is 13.5. The zero-order chi connectivity index (χ0) is 22.6. The molecule has 2 atom stereocenters. The Morgan fingerprint density at radius 2 is 1.81 bits per heavy atom. The molecule has 0 spiro atoms. The molecular formula is C22H23ClN2O6. The molecule has 2 unspecified atom stereocenters. The van der Waals surface area contributed by atoms with Gasteiger partial charge in [-0.2, -0.15) is 0 Å². The number of carbonyl (C=O) groups is 3. The van der Waals surface area contributed by atoms with E-state index < -0.39 is 29.6 Å². The standard InChI is InChI=1S/C22H23ClN2O6/c1-3-30-19(27)14-4-10-18(11-5-14)31-13-17(26)12-25-20(28)22(2,24-21(25)29)15-6-8-16(23)9-7-15/h4-11,17,26H,3,12-13H2,1-2H3,(H,24,29). The number of nitrogens with one attached hydrogen (secondary N) is 1. The maximum absolute atomic E-state index is 12.9. The van der Waals surface area contributed by atoms with E-state index in [4.69, 9.17) is 21.1 Å². The lowest BCUT2D eigenvalue weighted by atomic mass is 9.92. The summed E-state index contributed by atoms with van der Waals surface area (Å²) in [6, 6.07) is 12.3. The van der Waals surface area contributed by atoms with E-state index in [9.17, 15) is 19.5 Å². The van der Waals surface area contributed by atoms with Crippen LogP contribution in [0, 0.1) is 0 Å². The maximum atomic E-state index is 12.9. The molecule has 2 N–H and O–H groups in total. The van der Waals surface area contributed by atoms with Gasteiger partial charge in [-0.05, 0) is 55.8 Å². The summed E-state index contributed by atoms with van der Waals surface area (Å²) in [6.07, 6.45) is -1.10. The zero-order valence-corrected chi connectivity index (χ0v) is 17.9. The zero-order valence-electron chi connectivity index (χ0n) is 17.1. The van der Waals surface area contributed by atoms with E-state index in [1.807, 2.05) is 0 Å². The van der Waals surface area contributed by atoms with Gasteiger partial charge in [0.25, 0.3) is 5.91 Å². The number of rotatable bonds is 8. The second-order valence-corrected chi connectivity index (χ2v) is 7.62. The lowest BCUT2D eigenvalue weighted by Crippen LogP contribution is -2.42. The predicted octanol–water partition coefficient (Wildman–Crippen LogP) is 2.72. The van der Waals surface area contributed by atoms with Crippen molar-refractivity contribution in [3.63, 3.8) is 0 Å². The second kappa shape index (κ2) is 9.36. The number of aliphatic hydroxyl groups excluding tert-OH is 1. The summed E-state index contributed by atoms with van der Waals surface area (Å²) in [4.78, 5) is 37.9. The van der Waals surface area contributed by atoms with E-state index >= 15 is 0 Å². The van der Waals surface area contributed by atoms with Crippen LogP contribution in [0.2, 0.25) is 5.02 Å². The summed E-state index contributed by atoms with van der Waals surface area (Å²) in [5.74, 6) is -0.482. The van der Waals surface area contributed by atoms with Crippen LogP contribution in [0.5, 0.6) is 5.75 Å². The van der Waals surface area contributed by atoms with Gasteiger partial charge >= 0.3 is 12.0 Å². The summed E-state index contributed by atoms with van der Waals surface area (Å²) in [5.41, 5.74) is -0.272. The molecule has 1 fully saturated rings. The molecule has 3 amide bonds. The van der Waals surface area contributed by atoms with Crippen LogP contribution in [-0.2, 0) is 15.1 Å². The van der Waals surface area contributed by atoms with Gasteiger partial charge in [0, 0.05) is 5.02 Å². The molecular weight excluding hydrogens is 424 g/mol. The highest BCUT2D eigenvalue weighted by atomic mass is 35.5. The van der Waals surface area contributed by atoms with E-state index in [-0.39, 0.29) is 19.8 Å². The number of hydrogen-bond donors (Lipinski definition) is 2. The van der Waals surface area contributed by atoms with Crippen molar-refractivity contribution >= 4 is 29.5 Å². The van der Waals surface area contributed by atoms with Gasteiger partial charge < -0.3 is 19.9 Å². The maximum Gasteiger partial charge on any atom is 0.338 e. The fraction of sp³-hybridized carbons (Fsp3) is 0.318. The Morgan fingerprint density at radius 1 is 1.16 bits per heavy atom. The van der Waals surface area contributed by atoms with Crippen LogP contribution in [0.25, 0.3) is 0 Å². The molecule has 1 heterocycles. The lowest BCUT2D eigenvalue weighted by Gasteiger charge is -2.23. The highest BCUT2D eigenvalue weighted by Gasteiger charge is 2.49. The van der Waals surface area contributed by atoms with E-state index in [1.165, 1.54) is 0 Å². The van der Waals surface area contributed by atoms with Crippen LogP contribution in [0.3, 0.4) is 0 Å². The minimum Gasteiger partial charge on any atom is -0.491 e. The molecule has 1 aliphatic heterocycles. The number of carbonyl (C=O) groups excluding carboxylic acids is 3. The first-order valence-electron chi connectivity index (χ1n) is 9.72. The predicted molar refractivity (Wildman–Crippen MR) is 113 cm³/mol. The highest BCUT2D eigenvalue weighted by Crippen LogP contribution is 2.29. The van der Waals surface area contributed by atoms with Gasteiger partial charge in [0.2, 0.25) is 0 Å². The van der Waals surface area contributed by atoms with E-state index in [0.29, 0.717) is 21.9 Å². The summed E-state index contributed by atoms with van der Waals surface area (Å²) in [7, 11) is 0. The number of halogens is 1. The van der Waals surface area contributed by atoms with E-state index in [0.717, 1.165) is 4.90 Å². The molecule has 0 saturated carbocycles. The van der Waals surface area contributed by atoms with Crippen molar-refractivity contribution in [3.8, 4) is 5.75 Å². The molecule has 2 aromatic rings. The van der Waals surface area contributed by atoms with Crippen LogP contribution >= 0.6 is 11.6 Å². The third kappa shape index (κ3) is 4.98. The molecule has 2 aromatic carbocycles. The monoisotopic (exact) mass is 446 g/mol. The molecule has 0 aromatic heterocycles. The van der Waals surface area contributed by atoms with Crippen molar-refractivity contribution in [2.45, 2.75) is 25.5 Å². The van der Waals surface area contributed by atoms with E-state index in [2.05, 4.69) is 5.32 Å². The van der Waals surface area contributed by atoms with Crippen molar-refractivity contribution in [2.24, 2.45) is 0 Å². The molecule has 8 nitrogen and oxygen atoms in total. The van der Waals surface area contributed by atoms with Crippen molar-refractivity contribution in [3.05, 3.63) is 64.7 Å². The first-order chi connectivity index (χ1) is 14.7. The van der Waals surface area contributed by atoms with Crippen LogP contribution in [0.4, 0.5) is 4.79 Å². The van der Waals surface area contributed by atoms with E-state index in [1.54, 1.807) is 62.4 Å². The number of urea groups is 1. The average Bonchev–Trinajstić information content (AvgIpc) is 2.97. The van der Waals surface area contributed by atoms with Crippen LogP contribution in [0.1, 0.15) is 29.8 Å². The van der Waals surface area contributed by atoms with Gasteiger partial charge in [-0.3, -0.25) is 9.69 Å². The van der Waals surface area contributed by atoms with Crippen molar-refractivity contribution in [1.82, 2.24) is 10.2 Å². The Balaban J connectivity index is 1.58. The number of β-amino-alcohol motifs (C(OH)–C–C–N with tert-alkyl or cyclic N) is 1. The second-order valence-electron chi connectivity index (χ2n) is 7.19. The lowest BCUT2D eigenvalue weighted by molar-refractivity contribution is -0.132. The molecule has 164 valence electrons. The van der Waals surface area contributed by atoms with Gasteiger partial charge in [-0.15, -0.1) is 0 Å². The Kier molecular flexibility index (Phi) is 6.82. The van der Waals surface area contributed by atoms with Gasteiger partial charge in [-0.25, -0.2) is 9.59 Å². The molecule has 9 heteroatoms. The number of hydrogen-bond acceptors (Lipinski definition) is 6. The van der Waals surface area contributed by atoms with Crippen LogP contribution in [-0.4, -0.2) is 53.8 Å². The Labute approximate surface area is 184 Å². The number of amides is 3. The molecule has 1 saturated heterocycles. The quantitative estimate of drug-likeness (QED) is 0.477. The minimum absolute atomic E-state index is 0.145. The number of nitrogens with zero attached hydrogens (tertiary/aromatic N) is 1. The number of imide groups is 1. The van der Waals surface area contributed by atoms with Crippen molar-refractivity contribution < 1.29 is 29.0 Å². The fourth-order valence-corrected chi connectivity index (χ4v) is 3.33.